The highest BCUT2D eigenvalue weighted by Crippen LogP contribution is 2.26. The maximum atomic E-state index is 13.3. The van der Waals surface area contributed by atoms with Crippen LogP contribution in [0.25, 0.3) is 0 Å². The minimum absolute atomic E-state index is 0.0447. The third kappa shape index (κ3) is 6.34. The third-order valence-electron chi connectivity index (χ3n) is 6.62. The summed E-state index contributed by atoms with van der Waals surface area (Å²) >= 11 is 0. The van der Waals surface area contributed by atoms with Crippen molar-refractivity contribution in [2.24, 2.45) is 0 Å². The highest BCUT2D eigenvalue weighted by atomic mass is 19.1. The normalized spacial score (nSPS) is 14.8. The summed E-state index contributed by atoms with van der Waals surface area (Å²) in [5, 5.41) is 3.15. The van der Waals surface area contributed by atoms with Gasteiger partial charge in [-0.15, -0.1) is 0 Å². The quantitative estimate of drug-likeness (QED) is 0.476. The van der Waals surface area contributed by atoms with Crippen LogP contribution in [0.4, 0.5) is 15.8 Å². The predicted octanol–water partition coefficient (Wildman–Crippen LogP) is 4.58. The summed E-state index contributed by atoms with van der Waals surface area (Å²) in [5.74, 6) is 0.437. The van der Waals surface area contributed by atoms with E-state index < -0.39 is 0 Å². The van der Waals surface area contributed by atoms with Crippen LogP contribution >= 0.6 is 0 Å². The molecule has 1 aliphatic heterocycles. The van der Waals surface area contributed by atoms with E-state index in [9.17, 15) is 9.18 Å². The monoisotopic (exact) mass is 490 g/mol. The Balaban J connectivity index is 1.45. The van der Waals surface area contributed by atoms with E-state index in [1.807, 2.05) is 45.3 Å². The number of benzene rings is 3. The molecule has 1 fully saturated rings. The van der Waals surface area contributed by atoms with Crippen LogP contribution in [0.2, 0.25) is 0 Å². The molecule has 1 saturated heterocycles. The van der Waals surface area contributed by atoms with Crippen molar-refractivity contribution in [2.45, 2.75) is 13.0 Å². The van der Waals surface area contributed by atoms with Crippen LogP contribution in [-0.4, -0.2) is 64.2 Å². The summed E-state index contributed by atoms with van der Waals surface area (Å²) < 4.78 is 18.8. The van der Waals surface area contributed by atoms with Crippen LogP contribution in [-0.2, 0) is 0 Å². The topological polar surface area (TPSA) is 48.1 Å². The smallest absolute Gasteiger partial charge is 0.251 e. The van der Waals surface area contributed by atoms with E-state index in [1.54, 1.807) is 12.1 Å². The Morgan fingerprint density at radius 3 is 2.17 bits per heavy atom. The molecule has 1 aliphatic rings. The molecule has 7 heteroatoms. The van der Waals surface area contributed by atoms with E-state index in [0.29, 0.717) is 18.7 Å². The number of piperazine rings is 1. The van der Waals surface area contributed by atoms with Crippen LogP contribution in [0.5, 0.6) is 5.75 Å². The average molecular weight is 491 g/mol. The lowest BCUT2D eigenvalue weighted by molar-refractivity contribution is 0.0930. The molecule has 1 unspecified atom stereocenters. The summed E-state index contributed by atoms with van der Waals surface area (Å²) in [6.45, 7) is 6.39. The average Bonchev–Trinajstić information content (AvgIpc) is 2.90. The Kier molecular flexibility index (Phi) is 8.44. The van der Waals surface area contributed by atoms with Crippen LogP contribution < -0.4 is 19.9 Å². The molecule has 0 saturated carbocycles. The van der Waals surface area contributed by atoms with E-state index in [4.69, 9.17) is 4.74 Å². The lowest BCUT2D eigenvalue weighted by Gasteiger charge is -2.40. The number of nitrogens with zero attached hydrogens (tertiary/aromatic N) is 3. The number of nitrogens with one attached hydrogen (secondary N) is 1. The van der Waals surface area contributed by atoms with Crippen molar-refractivity contribution in [3.05, 3.63) is 89.7 Å². The number of carbonyl (C=O) groups is 1. The minimum Gasteiger partial charge on any atom is -0.494 e. The maximum Gasteiger partial charge on any atom is 0.251 e. The number of amides is 1. The Bertz CT molecular complexity index is 1110. The van der Waals surface area contributed by atoms with Crippen LogP contribution in [0.3, 0.4) is 0 Å². The third-order valence-corrected chi connectivity index (χ3v) is 6.62. The second kappa shape index (κ2) is 11.9. The van der Waals surface area contributed by atoms with Gasteiger partial charge in [0.1, 0.15) is 11.6 Å². The Morgan fingerprint density at radius 1 is 0.944 bits per heavy atom. The number of anilines is 2. The van der Waals surface area contributed by atoms with Gasteiger partial charge >= 0.3 is 0 Å². The molecular formula is C29H35FN4O2. The molecule has 0 bridgehead atoms. The van der Waals surface area contributed by atoms with Gasteiger partial charge in [0.15, 0.2) is 0 Å². The first kappa shape index (κ1) is 25.5. The Morgan fingerprint density at radius 2 is 1.58 bits per heavy atom. The summed E-state index contributed by atoms with van der Waals surface area (Å²) in [6, 6.07) is 22.5. The van der Waals surface area contributed by atoms with E-state index in [-0.39, 0.29) is 17.8 Å². The van der Waals surface area contributed by atoms with E-state index >= 15 is 0 Å². The second-order valence-electron chi connectivity index (χ2n) is 9.17. The fourth-order valence-corrected chi connectivity index (χ4v) is 4.56. The SMILES string of the molecule is CCOc1ccc(C(=O)NCC(c2ccc(N(C)C)cc2)N2CCN(c3ccc(F)cc3)CC2)cc1. The second-order valence-corrected chi connectivity index (χ2v) is 9.17. The van der Waals surface area contributed by atoms with Gasteiger partial charge in [0.25, 0.3) is 5.91 Å². The first-order valence-electron chi connectivity index (χ1n) is 12.5. The molecular weight excluding hydrogens is 455 g/mol. The van der Waals surface area contributed by atoms with Gasteiger partial charge in [0.2, 0.25) is 0 Å². The first-order valence-corrected chi connectivity index (χ1v) is 12.5. The number of rotatable bonds is 9. The Labute approximate surface area is 213 Å². The van der Waals surface area contributed by atoms with Crippen molar-refractivity contribution >= 4 is 17.3 Å². The fourth-order valence-electron chi connectivity index (χ4n) is 4.56. The molecule has 1 atom stereocenters. The molecule has 6 nitrogen and oxygen atoms in total. The van der Waals surface area contributed by atoms with Crippen molar-refractivity contribution in [1.82, 2.24) is 10.2 Å². The first-order chi connectivity index (χ1) is 17.4. The van der Waals surface area contributed by atoms with Crippen molar-refractivity contribution in [2.75, 3.05) is 63.2 Å². The highest BCUT2D eigenvalue weighted by molar-refractivity contribution is 5.94. The number of carbonyl (C=O) groups excluding carboxylic acids is 1. The molecule has 0 aromatic heterocycles. The lowest BCUT2D eigenvalue weighted by atomic mass is 10.0. The highest BCUT2D eigenvalue weighted by Gasteiger charge is 2.26. The lowest BCUT2D eigenvalue weighted by Crippen LogP contribution is -2.50. The zero-order valence-corrected chi connectivity index (χ0v) is 21.3. The largest absolute Gasteiger partial charge is 0.494 e. The molecule has 0 spiro atoms. The van der Waals surface area contributed by atoms with Crippen molar-refractivity contribution < 1.29 is 13.9 Å². The maximum absolute atomic E-state index is 13.3. The zero-order valence-electron chi connectivity index (χ0n) is 21.3. The van der Waals surface area contributed by atoms with Gasteiger partial charge in [-0.25, -0.2) is 4.39 Å². The molecule has 190 valence electrons. The van der Waals surface area contributed by atoms with Gasteiger partial charge in [-0.05, 0) is 73.2 Å². The zero-order chi connectivity index (χ0) is 25.5. The van der Waals surface area contributed by atoms with Gasteiger partial charge < -0.3 is 19.9 Å². The number of ether oxygens (including phenoxy) is 1. The van der Waals surface area contributed by atoms with E-state index in [1.165, 1.54) is 17.7 Å². The molecule has 1 N–H and O–H groups in total. The van der Waals surface area contributed by atoms with E-state index in [0.717, 1.165) is 43.3 Å². The molecule has 1 amide bonds. The fraction of sp³-hybridized carbons (Fsp3) is 0.345. The van der Waals surface area contributed by atoms with Gasteiger partial charge in [0.05, 0.1) is 12.6 Å². The predicted molar refractivity (Wildman–Crippen MR) is 144 cm³/mol. The van der Waals surface area contributed by atoms with Crippen LogP contribution in [0.15, 0.2) is 72.8 Å². The standard InChI is InChI=1S/C29H35FN4O2/c1-4-36-27-15-7-23(8-16-27)29(35)31-21-28(22-5-11-25(12-6-22)32(2)3)34-19-17-33(18-20-34)26-13-9-24(30)10-14-26/h5-16,28H,4,17-21H2,1-3H3,(H,31,35). The van der Waals surface area contributed by atoms with Gasteiger partial charge in [-0.3, -0.25) is 9.69 Å². The summed E-state index contributed by atoms with van der Waals surface area (Å²) in [4.78, 5) is 19.7. The van der Waals surface area contributed by atoms with Crippen molar-refractivity contribution in [1.29, 1.82) is 0 Å². The van der Waals surface area contributed by atoms with E-state index in [2.05, 4.69) is 44.3 Å². The molecule has 1 heterocycles. The molecule has 3 aromatic carbocycles. The molecule has 3 aromatic rings. The van der Waals surface area contributed by atoms with Gasteiger partial charge in [0, 0.05) is 63.8 Å². The summed E-state index contributed by atoms with van der Waals surface area (Å²) in [5.41, 5.74) is 3.95. The van der Waals surface area contributed by atoms with Crippen molar-refractivity contribution in [3.63, 3.8) is 0 Å². The van der Waals surface area contributed by atoms with Gasteiger partial charge in [-0.1, -0.05) is 12.1 Å². The van der Waals surface area contributed by atoms with Gasteiger partial charge in [-0.2, -0.15) is 0 Å². The number of hydrogen-bond donors (Lipinski definition) is 1. The van der Waals surface area contributed by atoms with Crippen LogP contribution in [0.1, 0.15) is 28.9 Å². The minimum atomic E-state index is -0.220. The number of hydrogen-bond acceptors (Lipinski definition) is 5. The molecule has 0 radical (unpaired) electrons. The molecule has 0 aliphatic carbocycles. The van der Waals surface area contributed by atoms with Crippen LogP contribution in [0, 0.1) is 5.82 Å². The summed E-state index contributed by atoms with van der Waals surface area (Å²) in [7, 11) is 4.05. The van der Waals surface area contributed by atoms with Crippen molar-refractivity contribution in [3.8, 4) is 5.75 Å². The molecule has 36 heavy (non-hydrogen) atoms. The molecule has 4 rings (SSSR count). The number of halogens is 1. The summed E-state index contributed by atoms with van der Waals surface area (Å²) in [6.07, 6.45) is 0. The Hall–Kier alpha value is -3.58.